The fraction of sp³-hybridized carbons (Fsp3) is 0.533. The standard InChI is InChI=1S/C15H21N3/c1-11-7-8-14-13(9-11)15(18-17-14)16-10-12-5-3-2-4-6-12/h7-9,12H,2-6,10H2,1H3,(H2,16,17,18). The maximum Gasteiger partial charge on any atom is 0.155 e. The van der Waals surface area contributed by atoms with Gasteiger partial charge in [-0.15, -0.1) is 0 Å². The normalized spacial score (nSPS) is 17.2. The monoisotopic (exact) mass is 243 g/mol. The quantitative estimate of drug-likeness (QED) is 0.859. The second-order valence-electron chi connectivity index (χ2n) is 5.51. The fourth-order valence-corrected chi connectivity index (χ4v) is 2.89. The van der Waals surface area contributed by atoms with Crippen LogP contribution in [-0.2, 0) is 0 Å². The predicted octanol–water partition coefficient (Wildman–Crippen LogP) is 3.86. The first-order chi connectivity index (χ1) is 8.83. The molecule has 0 radical (unpaired) electrons. The van der Waals surface area contributed by atoms with E-state index in [1.54, 1.807) is 0 Å². The van der Waals surface area contributed by atoms with E-state index in [1.807, 2.05) is 0 Å². The smallest absolute Gasteiger partial charge is 0.155 e. The van der Waals surface area contributed by atoms with Crippen LogP contribution in [0.4, 0.5) is 5.82 Å². The number of aryl methyl sites for hydroxylation is 1. The summed E-state index contributed by atoms with van der Waals surface area (Å²) in [5.74, 6) is 1.84. The van der Waals surface area contributed by atoms with Gasteiger partial charge in [0.2, 0.25) is 0 Å². The molecule has 3 heteroatoms. The summed E-state index contributed by atoms with van der Waals surface area (Å²) in [6.45, 7) is 3.19. The van der Waals surface area contributed by atoms with Crippen molar-refractivity contribution in [3.05, 3.63) is 23.8 Å². The van der Waals surface area contributed by atoms with Crippen molar-refractivity contribution in [2.24, 2.45) is 5.92 Å². The van der Waals surface area contributed by atoms with Crippen molar-refractivity contribution in [2.75, 3.05) is 11.9 Å². The SMILES string of the molecule is Cc1ccc2[nH]nc(NCC3CCCCC3)c2c1. The molecule has 1 fully saturated rings. The highest BCUT2D eigenvalue weighted by atomic mass is 15.2. The van der Waals surface area contributed by atoms with E-state index in [-0.39, 0.29) is 0 Å². The molecule has 1 aliphatic carbocycles. The summed E-state index contributed by atoms with van der Waals surface area (Å²) in [5, 5.41) is 12.2. The summed E-state index contributed by atoms with van der Waals surface area (Å²) in [7, 11) is 0. The lowest BCUT2D eigenvalue weighted by Gasteiger charge is -2.21. The first kappa shape index (κ1) is 11.6. The maximum atomic E-state index is 4.38. The average molecular weight is 243 g/mol. The molecule has 0 unspecified atom stereocenters. The van der Waals surface area contributed by atoms with Gasteiger partial charge in [-0.2, -0.15) is 5.10 Å². The molecule has 3 rings (SSSR count). The van der Waals surface area contributed by atoms with E-state index in [0.29, 0.717) is 0 Å². The van der Waals surface area contributed by atoms with Crippen LogP contribution in [0.25, 0.3) is 10.9 Å². The molecule has 96 valence electrons. The first-order valence-electron chi connectivity index (χ1n) is 7.01. The van der Waals surface area contributed by atoms with E-state index in [4.69, 9.17) is 0 Å². The highest BCUT2D eigenvalue weighted by molar-refractivity contribution is 5.90. The molecule has 0 amide bonds. The lowest BCUT2D eigenvalue weighted by atomic mass is 9.89. The topological polar surface area (TPSA) is 40.7 Å². The van der Waals surface area contributed by atoms with Gasteiger partial charge in [0, 0.05) is 11.9 Å². The number of anilines is 1. The van der Waals surface area contributed by atoms with Crippen LogP contribution in [0.15, 0.2) is 18.2 Å². The Labute approximate surface area is 108 Å². The summed E-state index contributed by atoms with van der Waals surface area (Å²) >= 11 is 0. The van der Waals surface area contributed by atoms with Crippen molar-refractivity contribution in [2.45, 2.75) is 39.0 Å². The fourth-order valence-electron chi connectivity index (χ4n) is 2.89. The zero-order valence-corrected chi connectivity index (χ0v) is 11.0. The lowest BCUT2D eigenvalue weighted by Crippen LogP contribution is -2.17. The second-order valence-corrected chi connectivity index (χ2v) is 5.51. The third kappa shape index (κ3) is 2.35. The van der Waals surface area contributed by atoms with Crippen molar-refractivity contribution in [3.63, 3.8) is 0 Å². The minimum Gasteiger partial charge on any atom is -0.368 e. The highest BCUT2D eigenvalue weighted by Crippen LogP contribution is 2.26. The second kappa shape index (κ2) is 5.01. The van der Waals surface area contributed by atoms with Gasteiger partial charge in [-0.25, -0.2) is 0 Å². The zero-order valence-electron chi connectivity index (χ0n) is 11.0. The van der Waals surface area contributed by atoms with Gasteiger partial charge in [0.1, 0.15) is 0 Å². The van der Waals surface area contributed by atoms with Gasteiger partial charge in [0.25, 0.3) is 0 Å². The van der Waals surface area contributed by atoms with Crippen LogP contribution in [0.5, 0.6) is 0 Å². The van der Waals surface area contributed by atoms with Crippen LogP contribution >= 0.6 is 0 Å². The number of hydrogen-bond donors (Lipinski definition) is 2. The van der Waals surface area contributed by atoms with Crippen molar-refractivity contribution in [1.82, 2.24) is 10.2 Å². The molecule has 1 aromatic carbocycles. The van der Waals surface area contributed by atoms with E-state index >= 15 is 0 Å². The van der Waals surface area contributed by atoms with Gasteiger partial charge in [-0.1, -0.05) is 30.9 Å². The van der Waals surface area contributed by atoms with Gasteiger partial charge in [-0.05, 0) is 37.8 Å². The number of aromatic nitrogens is 2. The number of H-pyrrole nitrogens is 1. The number of nitrogens with one attached hydrogen (secondary N) is 2. The van der Waals surface area contributed by atoms with Gasteiger partial charge in [-0.3, -0.25) is 5.10 Å². The molecule has 3 nitrogen and oxygen atoms in total. The molecule has 0 atom stereocenters. The molecule has 18 heavy (non-hydrogen) atoms. The maximum absolute atomic E-state index is 4.38. The van der Waals surface area contributed by atoms with E-state index in [9.17, 15) is 0 Å². The minimum atomic E-state index is 0.829. The molecule has 1 aliphatic rings. The first-order valence-corrected chi connectivity index (χ1v) is 7.01. The van der Waals surface area contributed by atoms with Crippen LogP contribution in [0.1, 0.15) is 37.7 Å². The summed E-state index contributed by atoms with van der Waals surface area (Å²) in [6.07, 6.45) is 6.95. The average Bonchev–Trinajstić information content (AvgIpc) is 2.80. The third-order valence-electron chi connectivity index (χ3n) is 4.00. The number of nitrogens with zero attached hydrogens (tertiary/aromatic N) is 1. The molecule has 1 heterocycles. The molecule has 2 N–H and O–H groups in total. The molecule has 1 saturated carbocycles. The summed E-state index contributed by atoms with van der Waals surface area (Å²) in [6, 6.07) is 6.41. The Morgan fingerprint density at radius 2 is 2.11 bits per heavy atom. The van der Waals surface area contributed by atoms with Crippen molar-refractivity contribution < 1.29 is 0 Å². The van der Waals surface area contributed by atoms with Gasteiger partial charge in [0.15, 0.2) is 5.82 Å². The van der Waals surface area contributed by atoms with Crippen molar-refractivity contribution in [3.8, 4) is 0 Å². The van der Waals surface area contributed by atoms with Gasteiger partial charge < -0.3 is 5.32 Å². The molecule has 0 spiro atoms. The molecule has 0 saturated heterocycles. The molecule has 0 aliphatic heterocycles. The van der Waals surface area contributed by atoms with E-state index in [0.717, 1.165) is 23.8 Å². The molecule has 1 aromatic heterocycles. The summed E-state index contributed by atoms with van der Waals surface area (Å²) < 4.78 is 0. The number of aromatic amines is 1. The lowest BCUT2D eigenvalue weighted by molar-refractivity contribution is 0.373. The van der Waals surface area contributed by atoms with Crippen LogP contribution in [0.2, 0.25) is 0 Å². The van der Waals surface area contributed by atoms with Gasteiger partial charge in [0.05, 0.1) is 5.52 Å². The van der Waals surface area contributed by atoms with Crippen LogP contribution in [0, 0.1) is 12.8 Å². The largest absolute Gasteiger partial charge is 0.368 e. The third-order valence-corrected chi connectivity index (χ3v) is 4.00. The Morgan fingerprint density at radius 1 is 1.28 bits per heavy atom. The number of fused-ring (bicyclic) bond motifs is 1. The van der Waals surface area contributed by atoms with Crippen LogP contribution in [0.3, 0.4) is 0 Å². The Kier molecular flexibility index (Phi) is 3.22. The molecule has 2 aromatic rings. The summed E-state index contributed by atoms with van der Waals surface area (Å²) in [5.41, 5.74) is 2.40. The van der Waals surface area contributed by atoms with Crippen molar-refractivity contribution >= 4 is 16.7 Å². The molecular weight excluding hydrogens is 222 g/mol. The van der Waals surface area contributed by atoms with Crippen LogP contribution in [-0.4, -0.2) is 16.7 Å². The number of benzene rings is 1. The van der Waals surface area contributed by atoms with Crippen molar-refractivity contribution in [1.29, 1.82) is 0 Å². The number of hydrogen-bond acceptors (Lipinski definition) is 2. The predicted molar refractivity (Wildman–Crippen MR) is 75.9 cm³/mol. The van der Waals surface area contributed by atoms with Gasteiger partial charge >= 0.3 is 0 Å². The van der Waals surface area contributed by atoms with E-state index in [2.05, 4.69) is 40.6 Å². The Hall–Kier alpha value is -1.51. The zero-order chi connectivity index (χ0) is 12.4. The molecular formula is C15H21N3. The van der Waals surface area contributed by atoms with Crippen LogP contribution < -0.4 is 5.32 Å². The Balaban J connectivity index is 1.72. The Bertz CT molecular complexity index is 524. The molecule has 0 bridgehead atoms. The summed E-state index contributed by atoms with van der Waals surface area (Å²) in [4.78, 5) is 0. The minimum absolute atomic E-state index is 0.829. The van der Waals surface area contributed by atoms with E-state index < -0.39 is 0 Å². The highest BCUT2D eigenvalue weighted by Gasteiger charge is 2.14. The van der Waals surface area contributed by atoms with E-state index in [1.165, 1.54) is 43.1 Å². The number of rotatable bonds is 3. The Morgan fingerprint density at radius 3 is 2.94 bits per heavy atom.